The summed E-state index contributed by atoms with van der Waals surface area (Å²) >= 11 is 1.37. The molecule has 2 heterocycles. The lowest BCUT2D eigenvalue weighted by Crippen LogP contribution is -2.32. The minimum absolute atomic E-state index is 0.00685. The number of hydrogen-bond acceptors (Lipinski definition) is 6. The summed E-state index contributed by atoms with van der Waals surface area (Å²) in [5.74, 6) is -0.00685. The van der Waals surface area contributed by atoms with Crippen LogP contribution in [0.3, 0.4) is 0 Å². The number of amides is 1. The quantitative estimate of drug-likeness (QED) is 0.721. The Balaban J connectivity index is 1.45. The molecular formula is C17H23N5O2S. The van der Waals surface area contributed by atoms with E-state index in [0.717, 1.165) is 25.9 Å². The molecule has 25 heavy (non-hydrogen) atoms. The van der Waals surface area contributed by atoms with Crippen LogP contribution in [-0.4, -0.2) is 50.6 Å². The molecule has 2 unspecified atom stereocenters. The number of carbonyl (C=O) groups excluding carboxylic acids is 1. The number of carbonyl (C=O) groups is 1. The Labute approximate surface area is 151 Å². The number of nitrogens with one attached hydrogen (secondary N) is 1. The van der Waals surface area contributed by atoms with Gasteiger partial charge in [-0.25, -0.2) is 4.68 Å². The highest BCUT2D eigenvalue weighted by Gasteiger charge is 2.22. The number of nitrogens with zero attached hydrogens (tertiary/aromatic N) is 4. The van der Waals surface area contributed by atoms with Gasteiger partial charge in [0.15, 0.2) is 0 Å². The third-order valence-electron chi connectivity index (χ3n) is 4.11. The number of hydrogen-bond donors (Lipinski definition) is 1. The predicted octanol–water partition coefficient (Wildman–Crippen LogP) is 1.69. The minimum atomic E-state index is -0.259. The summed E-state index contributed by atoms with van der Waals surface area (Å²) < 4.78 is 7.35. The molecular weight excluding hydrogens is 338 g/mol. The predicted molar refractivity (Wildman–Crippen MR) is 95.3 cm³/mol. The van der Waals surface area contributed by atoms with E-state index in [-0.39, 0.29) is 17.3 Å². The van der Waals surface area contributed by atoms with Gasteiger partial charge in [0.2, 0.25) is 11.1 Å². The van der Waals surface area contributed by atoms with Crippen LogP contribution >= 0.6 is 11.8 Å². The summed E-state index contributed by atoms with van der Waals surface area (Å²) in [4.78, 5) is 12.3. The van der Waals surface area contributed by atoms with Crippen LogP contribution in [0.1, 0.15) is 25.3 Å². The number of ether oxygens (including phenoxy) is 1. The van der Waals surface area contributed by atoms with Crippen molar-refractivity contribution in [3.05, 3.63) is 35.9 Å². The second kappa shape index (κ2) is 8.96. The monoisotopic (exact) mass is 361 g/mol. The first-order chi connectivity index (χ1) is 12.2. The molecule has 3 rings (SSSR count). The molecule has 7 nitrogen and oxygen atoms in total. The number of tetrazole rings is 1. The molecule has 1 amide bonds. The van der Waals surface area contributed by atoms with Gasteiger partial charge in [-0.3, -0.25) is 4.79 Å². The highest BCUT2D eigenvalue weighted by Crippen LogP contribution is 2.22. The fraction of sp³-hybridized carbons (Fsp3) is 0.529. The molecule has 1 aliphatic heterocycles. The zero-order valence-electron chi connectivity index (χ0n) is 14.3. The Hall–Kier alpha value is -1.93. The Morgan fingerprint density at radius 3 is 3.04 bits per heavy atom. The lowest BCUT2D eigenvalue weighted by atomic mass is 10.1. The van der Waals surface area contributed by atoms with E-state index in [1.54, 1.807) is 4.68 Å². The van der Waals surface area contributed by atoms with Gasteiger partial charge >= 0.3 is 0 Å². The summed E-state index contributed by atoms with van der Waals surface area (Å²) in [6, 6.07) is 10.1. The molecule has 134 valence electrons. The average Bonchev–Trinajstić information content (AvgIpc) is 3.29. The van der Waals surface area contributed by atoms with E-state index >= 15 is 0 Å². The zero-order chi connectivity index (χ0) is 17.5. The summed E-state index contributed by atoms with van der Waals surface area (Å²) in [7, 11) is 0. The van der Waals surface area contributed by atoms with E-state index in [4.69, 9.17) is 4.74 Å². The Morgan fingerprint density at radius 2 is 2.28 bits per heavy atom. The van der Waals surface area contributed by atoms with Gasteiger partial charge in [-0.1, -0.05) is 42.1 Å². The molecule has 2 atom stereocenters. The van der Waals surface area contributed by atoms with E-state index in [9.17, 15) is 4.79 Å². The Bertz CT molecular complexity index is 673. The SMILES string of the molecule is CC(Sc1nnnn1CC1CCCO1)C(=O)NCCc1ccccc1. The molecule has 1 fully saturated rings. The number of thioether (sulfide) groups is 1. The normalized spacial score (nSPS) is 18.2. The summed E-state index contributed by atoms with van der Waals surface area (Å²) in [6.07, 6.45) is 3.09. The van der Waals surface area contributed by atoms with E-state index in [0.29, 0.717) is 18.2 Å². The average molecular weight is 361 g/mol. The fourth-order valence-corrected chi connectivity index (χ4v) is 3.53. The van der Waals surface area contributed by atoms with Crippen molar-refractivity contribution in [2.75, 3.05) is 13.2 Å². The lowest BCUT2D eigenvalue weighted by Gasteiger charge is -2.13. The number of aromatic nitrogens is 4. The molecule has 0 saturated carbocycles. The third kappa shape index (κ3) is 5.27. The van der Waals surface area contributed by atoms with Crippen molar-refractivity contribution in [1.29, 1.82) is 0 Å². The van der Waals surface area contributed by atoms with Gasteiger partial charge in [-0.15, -0.1) is 5.10 Å². The van der Waals surface area contributed by atoms with Crippen LogP contribution in [0, 0.1) is 0 Å². The molecule has 0 spiro atoms. The van der Waals surface area contributed by atoms with Crippen LogP contribution in [0.15, 0.2) is 35.5 Å². The summed E-state index contributed by atoms with van der Waals surface area (Å²) in [5, 5.41) is 15.2. The summed E-state index contributed by atoms with van der Waals surface area (Å²) in [6.45, 7) is 3.93. The Kier molecular flexibility index (Phi) is 6.41. The topological polar surface area (TPSA) is 81.9 Å². The molecule has 0 radical (unpaired) electrons. The van der Waals surface area contributed by atoms with Crippen molar-refractivity contribution in [1.82, 2.24) is 25.5 Å². The highest BCUT2D eigenvalue weighted by molar-refractivity contribution is 8.00. The molecule has 8 heteroatoms. The Morgan fingerprint density at radius 1 is 1.44 bits per heavy atom. The van der Waals surface area contributed by atoms with Gasteiger partial charge in [0.05, 0.1) is 17.9 Å². The first-order valence-corrected chi connectivity index (χ1v) is 9.46. The second-order valence-corrected chi connectivity index (χ2v) is 7.37. The van der Waals surface area contributed by atoms with Crippen molar-refractivity contribution in [2.24, 2.45) is 0 Å². The van der Waals surface area contributed by atoms with Gasteiger partial charge < -0.3 is 10.1 Å². The van der Waals surface area contributed by atoms with E-state index in [1.165, 1.54) is 17.3 Å². The molecule has 1 saturated heterocycles. The van der Waals surface area contributed by atoms with Crippen molar-refractivity contribution in [3.63, 3.8) is 0 Å². The maximum absolute atomic E-state index is 12.3. The van der Waals surface area contributed by atoms with Crippen molar-refractivity contribution < 1.29 is 9.53 Å². The standard InChI is InChI=1S/C17H23N5O2S/c1-13(16(23)18-10-9-14-6-3-2-4-7-14)25-17-19-20-21-22(17)12-15-8-5-11-24-15/h2-4,6-7,13,15H,5,8-12H2,1H3,(H,18,23). The van der Waals surface area contributed by atoms with E-state index in [2.05, 4.69) is 33.0 Å². The van der Waals surface area contributed by atoms with Crippen LogP contribution in [0.4, 0.5) is 0 Å². The van der Waals surface area contributed by atoms with E-state index < -0.39 is 0 Å². The molecule has 0 aliphatic carbocycles. The maximum Gasteiger partial charge on any atom is 0.233 e. The van der Waals surface area contributed by atoms with Crippen LogP contribution < -0.4 is 5.32 Å². The van der Waals surface area contributed by atoms with Crippen LogP contribution in [0.25, 0.3) is 0 Å². The van der Waals surface area contributed by atoms with Crippen molar-refractivity contribution in [2.45, 2.75) is 49.2 Å². The molecule has 1 aromatic carbocycles. The van der Waals surface area contributed by atoms with E-state index in [1.807, 2.05) is 25.1 Å². The largest absolute Gasteiger partial charge is 0.376 e. The van der Waals surface area contributed by atoms with Gasteiger partial charge in [-0.05, 0) is 42.2 Å². The minimum Gasteiger partial charge on any atom is -0.376 e. The van der Waals surface area contributed by atoms with Crippen LogP contribution in [0.5, 0.6) is 0 Å². The van der Waals surface area contributed by atoms with Gasteiger partial charge in [0.1, 0.15) is 0 Å². The summed E-state index contributed by atoms with van der Waals surface area (Å²) in [5.41, 5.74) is 1.21. The maximum atomic E-state index is 12.3. The number of benzene rings is 1. The van der Waals surface area contributed by atoms with Crippen molar-refractivity contribution in [3.8, 4) is 0 Å². The molecule has 1 N–H and O–H groups in total. The first-order valence-electron chi connectivity index (χ1n) is 8.58. The molecule has 1 aromatic heterocycles. The second-order valence-electron chi connectivity index (χ2n) is 6.07. The zero-order valence-corrected chi connectivity index (χ0v) is 15.1. The van der Waals surface area contributed by atoms with Gasteiger partial charge in [-0.2, -0.15) is 0 Å². The van der Waals surface area contributed by atoms with Crippen LogP contribution in [0.2, 0.25) is 0 Å². The third-order valence-corrected chi connectivity index (χ3v) is 5.18. The highest BCUT2D eigenvalue weighted by atomic mass is 32.2. The van der Waals surface area contributed by atoms with Crippen LogP contribution in [-0.2, 0) is 22.5 Å². The number of rotatable bonds is 8. The lowest BCUT2D eigenvalue weighted by molar-refractivity contribution is -0.120. The first kappa shape index (κ1) is 17.9. The smallest absolute Gasteiger partial charge is 0.233 e. The fourth-order valence-electron chi connectivity index (χ4n) is 2.71. The molecule has 0 bridgehead atoms. The molecule has 2 aromatic rings. The van der Waals surface area contributed by atoms with Gasteiger partial charge in [0, 0.05) is 13.2 Å². The molecule has 1 aliphatic rings. The van der Waals surface area contributed by atoms with Gasteiger partial charge in [0.25, 0.3) is 0 Å². The van der Waals surface area contributed by atoms with Crippen molar-refractivity contribution >= 4 is 17.7 Å².